The molecule has 1 aromatic carbocycles. The Morgan fingerprint density at radius 2 is 1.90 bits per heavy atom. The zero-order chi connectivity index (χ0) is 28.7. The maximum atomic E-state index is 14.6. The van der Waals surface area contributed by atoms with Crippen molar-refractivity contribution < 1.29 is 23.4 Å². The summed E-state index contributed by atoms with van der Waals surface area (Å²) in [7, 11) is 0. The van der Waals surface area contributed by atoms with Gasteiger partial charge in [-0.15, -0.1) is 0 Å². The van der Waals surface area contributed by atoms with E-state index in [1.54, 1.807) is 11.0 Å². The highest BCUT2D eigenvalue weighted by molar-refractivity contribution is 6.03. The van der Waals surface area contributed by atoms with E-state index < -0.39 is 5.82 Å². The van der Waals surface area contributed by atoms with Crippen molar-refractivity contribution in [1.29, 1.82) is 0 Å². The highest BCUT2D eigenvalue weighted by Crippen LogP contribution is 2.37. The molecule has 41 heavy (non-hydrogen) atoms. The molecule has 0 unspecified atom stereocenters. The first-order valence-electron chi connectivity index (χ1n) is 14.9. The van der Waals surface area contributed by atoms with E-state index in [2.05, 4.69) is 40.4 Å². The average Bonchev–Trinajstić information content (AvgIpc) is 3.59. The van der Waals surface area contributed by atoms with Crippen molar-refractivity contribution in [2.45, 2.75) is 64.8 Å². The Morgan fingerprint density at radius 3 is 2.63 bits per heavy atom. The summed E-state index contributed by atoms with van der Waals surface area (Å²) in [5.41, 5.74) is 4.13. The van der Waals surface area contributed by atoms with Crippen LogP contribution in [0.4, 0.5) is 4.39 Å². The van der Waals surface area contributed by atoms with Crippen molar-refractivity contribution in [2.24, 2.45) is 5.92 Å². The minimum Gasteiger partial charge on any atom is -0.377 e. The van der Waals surface area contributed by atoms with Crippen LogP contribution in [0.25, 0.3) is 16.6 Å². The van der Waals surface area contributed by atoms with Gasteiger partial charge in [0.15, 0.2) is 6.29 Å². The maximum Gasteiger partial charge on any atom is 0.254 e. The van der Waals surface area contributed by atoms with Crippen molar-refractivity contribution >= 4 is 11.4 Å². The maximum absolute atomic E-state index is 14.6. The lowest BCUT2D eigenvalue weighted by molar-refractivity contribution is -0.0564. The standard InChI is InChI=1S/C32H41FN4O4/c1-20(2)29(7-8-31-40-11-12-41-31)35-16-24(17-35)23-13-27(30-15-34-22(4)37(30)18-23)26-6-5-25(33)14-28(26)32(38)36-9-10-39-19-21(36)3/h5-6,13-15,18,20-21,24,29,31H,7-12,16-17,19H2,1-4H3/t21-,29-/m1/s1. The number of fused-ring (bicyclic) bond motifs is 1. The van der Waals surface area contributed by atoms with Crippen LogP contribution in [0.15, 0.2) is 36.7 Å². The average molecular weight is 565 g/mol. The largest absolute Gasteiger partial charge is 0.377 e. The number of likely N-dealkylation sites (tertiary alicyclic amines) is 1. The molecule has 2 aromatic heterocycles. The SMILES string of the molecule is Cc1ncc2c(-c3ccc(F)cc3C(=O)N3CCOC[C@H]3C)cc(C3CN([C@H](CCC4OCCO4)C(C)C)C3)cn12. The molecule has 6 rings (SSSR count). The van der Waals surface area contributed by atoms with Crippen LogP contribution < -0.4 is 0 Å². The number of aromatic nitrogens is 2. The predicted molar refractivity (Wildman–Crippen MR) is 155 cm³/mol. The van der Waals surface area contributed by atoms with Gasteiger partial charge in [0.2, 0.25) is 0 Å². The van der Waals surface area contributed by atoms with E-state index >= 15 is 0 Å². The number of rotatable bonds is 8. The van der Waals surface area contributed by atoms with E-state index in [-0.39, 0.29) is 18.2 Å². The van der Waals surface area contributed by atoms with Crippen LogP contribution >= 0.6 is 0 Å². The molecular weight excluding hydrogens is 523 g/mol. The number of amides is 1. The molecule has 2 atom stereocenters. The van der Waals surface area contributed by atoms with Gasteiger partial charge in [-0.3, -0.25) is 9.69 Å². The fourth-order valence-electron chi connectivity index (χ4n) is 6.61. The second kappa shape index (κ2) is 11.8. The second-order valence-corrected chi connectivity index (χ2v) is 12.1. The van der Waals surface area contributed by atoms with E-state index in [1.807, 2.05) is 20.0 Å². The molecule has 8 nitrogen and oxygen atoms in total. The molecule has 5 heterocycles. The van der Waals surface area contributed by atoms with Gasteiger partial charge in [-0.1, -0.05) is 19.9 Å². The number of aryl methyl sites for hydroxylation is 1. The van der Waals surface area contributed by atoms with E-state index in [0.717, 1.165) is 48.4 Å². The van der Waals surface area contributed by atoms with Gasteiger partial charge in [0.1, 0.15) is 11.6 Å². The summed E-state index contributed by atoms with van der Waals surface area (Å²) in [5, 5.41) is 0. The van der Waals surface area contributed by atoms with Crippen LogP contribution in [-0.2, 0) is 14.2 Å². The third-order valence-electron chi connectivity index (χ3n) is 8.99. The number of carbonyl (C=O) groups is 1. The van der Waals surface area contributed by atoms with Gasteiger partial charge in [-0.05, 0) is 61.9 Å². The summed E-state index contributed by atoms with van der Waals surface area (Å²) in [6.45, 7) is 13.3. The Bertz CT molecular complexity index is 1400. The number of morpholine rings is 1. The van der Waals surface area contributed by atoms with Gasteiger partial charge in [-0.2, -0.15) is 0 Å². The number of hydrogen-bond donors (Lipinski definition) is 0. The van der Waals surface area contributed by atoms with Crippen LogP contribution in [-0.4, -0.2) is 89.5 Å². The van der Waals surface area contributed by atoms with Crippen LogP contribution in [0.2, 0.25) is 0 Å². The third-order valence-corrected chi connectivity index (χ3v) is 8.99. The summed E-state index contributed by atoms with van der Waals surface area (Å²) in [5.74, 6) is 1.19. The Labute approximate surface area is 241 Å². The lowest BCUT2D eigenvalue weighted by Gasteiger charge is -2.46. The van der Waals surface area contributed by atoms with E-state index in [9.17, 15) is 9.18 Å². The molecule has 0 N–H and O–H groups in total. The van der Waals surface area contributed by atoms with Crippen LogP contribution in [0.5, 0.6) is 0 Å². The first-order valence-corrected chi connectivity index (χ1v) is 14.9. The van der Waals surface area contributed by atoms with Crippen molar-refractivity contribution in [3.63, 3.8) is 0 Å². The fraction of sp³-hybridized carbons (Fsp3) is 0.562. The van der Waals surface area contributed by atoms with Crippen LogP contribution in [0.1, 0.15) is 61.3 Å². The molecule has 0 bridgehead atoms. The van der Waals surface area contributed by atoms with Gasteiger partial charge in [0.25, 0.3) is 5.91 Å². The minimum atomic E-state index is -0.419. The van der Waals surface area contributed by atoms with Crippen molar-refractivity contribution in [2.75, 3.05) is 46.1 Å². The minimum absolute atomic E-state index is 0.0717. The normalized spacial score (nSPS) is 21.6. The van der Waals surface area contributed by atoms with E-state index in [0.29, 0.717) is 56.4 Å². The number of carbonyl (C=O) groups excluding carboxylic acids is 1. The smallest absolute Gasteiger partial charge is 0.254 e. The van der Waals surface area contributed by atoms with Gasteiger partial charge >= 0.3 is 0 Å². The number of pyridine rings is 1. The monoisotopic (exact) mass is 564 g/mol. The van der Waals surface area contributed by atoms with Gasteiger partial charge < -0.3 is 23.5 Å². The predicted octanol–water partition coefficient (Wildman–Crippen LogP) is 4.89. The molecule has 0 radical (unpaired) electrons. The molecule has 9 heteroatoms. The van der Waals surface area contributed by atoms with Crippen molar-refractivity contribution in [3.05, 3.63) is 59.4 Å². The molecule has 3 aromatic rings. The van der Waals surface area contributed by atoms with Crippen LogP contribution in [0.3, 0.4) is 0 Å². The summed E-state index contributed by atoms with van der Waals surface area (Å²) >= 11 is 0. The molecular formula is C32H41FN4O4. The molecule has 3 fully saturated rings. The summed E-state index contributed by atoms with van der Waals surface area (Å²) in [6, 6.07) is 7.14. The molecule has 1 amide bonds. The molecule has 220 valence electrons. The van der Waals surface area contributed by atoms with Crippen LogP contribution in [0, 0.1) is 18.7 Å². The number of ether oxygens (including phenoxy) is 3. The van der Waals surface area contributed by atoms with Crippen molar-refractivity contribution in [1.82, 2.24) is 19.2 Å². The Hall–Kier alpha value is -2.85. The molecule has 0 saturated carbocycles. The molecule has 0 spiro atoms. The first-order chi connectivity index (χ1) is 19.8. The number of hydrogen-bond acceptors (Lipinski definition) is 6. The fourth-order valence-corrected chi connectivity index (χ4v) is 6.61. The van der Waals surface area contributed by atoms with Gasteiger partial charge in [0, 0.05) is 43.4 Å². The number of nitrogens with zero attached hydrogens (tertiary/aromatic N) is 4. The molecule has 3 aliphatic heterocycles. The zero-order valence-corrected chi connectivity index (χ0v) is 24.5. The van der Waals surface area contributed by atoms with E-state index in [1.165, 1.54) is 17.7 Å². The Morgan fingerprint density at radius 1 is 1.12 bits per heavy atom. The van der Waals surface area contributed by atoms with Gasteiger partial charge in [0.05, 0.1) is 49.7 Å². The summed E-state index contributed by atoms with van der Waals surface area (Å²) in [4.78, 5) is 22.7. The highest BCUT2D eigenvalue weighted by atomic mass is 19.1. The van der Waals surface area contributed by atoms with Crippen molar-refractivity contribution in [3.8, 4) is 11.1 Å². The lowest BCUT2D eigenvalue weighted by atomic mass is 9.85. The van der Waals surface area contributed by atoms with Gasteiger partial charge in [-0.25, -0.2) is 9.37 Å². The first kappa shape index (κ1) is 28.3. The molecule has 3 aliphatic rings. The van der Waals surface area contributed by atoms with E-state index in [4.69, 9.17) is 14.2 Å². The third kappa shape index (κ3) is 5.65. The summed E-state index contributed by atoms with van der Waals surface area (Å²) < 4.78 is 33.6. The molecule has 3 saturated heterocycles. The number of benzene rings is 1. The Balaban J connectivity index is 1.29. The molecule has 0 aliphatic carbocycles. The zero-order valence-electron chi connectivity index (χ0n) is 24.5. The summed E-state index contributed by atoms with van der Waals surface area (Å²) in [6.07, 6.45) is 5.91. The lowest BCUT2D eigenvalue weighted by Crippen LogP contribution is -2.52. The quantitative estimate of drug-likeness (QED) is 0.388. The Kier molecular flexibility index (Phi) is 8.14. The topological polar surface area (TPSA) is 68.5 Å². The highest BCUT2D eigenvalue weighted by Gasteiger charge is 2.36. The second-order valence-electron chi connectivity index (χ2n) is 12.1. The number of halogens is 1. The number of imidazole rings is 1.